The number of rotatable bonds is 29. The number of imide groups is 1. The second-order valence-corrected chi connectivity index (χ2v) is 27.6. The lowest BCUT2D eigenvalue weighted by Gasteiger charge is -2.31. The number of anilines is 1. The second kappa shape index (κ2) is 26.2. The average Bonchev–Trinajstić information content (AvgIpc) is 1.64. The molecule has 3 aliphatic rings. The van der Waals surface area contributed by atoms with E-state index in [2.05, 4.69) is 0 Å². The maximum Gasteiger partial charge on any atom is 0.333 e. The van der Waals surface area contributed by atoms with Gasteiger partial charge in [-0.15, -0.1) is 5.06 Å². The molecule has 4 aromatic carbocycles. The van der Waals surface area contributed by atoms with E-state index in [1.54, 1.807) is 61.5 Å². The van der Waals surface area contributed by atoms with E-state index < -0.39 is 105 Å². The lowest BCUT2D eigenvalue weighted by molar-refractivity contribution is -0.438. The first-order chi connectivity index (χ1) is 39.7. The fourth-order valence-corrected chi connectivity index (χ4v) is 14.1. The Kier molecular flexibility index (Phi) is 20.5. The van der Waals surface area contributed by atoms with Crippen molar-refractivity contribution in [2.24, 2.45) is 0 Å². The number of likely N-dealkylation sites (N-methyl/N-ethyl adjacent to an activating group) is 1. The number of benzene rings is 4. The highest BCUT2D eigenvalue weighted by atomic mass is 32.2. The van der Waals surface area contributed by atoms with Crippen molar-refractivity contribution in [2.75, 3.05) is 77.1 Å². The normalized spacial score (nSPS) is 19.4. The van der Waals surface area contributed by atoms with Gasteiger partial charge in [-0.25, -0.2) is 46.9 Å². The summed E-state index contributed by atoms with van der Waals surface area (Å²) in [6.45, 7) is 8.35. The van der Waals surface area contributed by atoms with Gasteiger partial charge in [0.2, 0.25) is 5.69 Å². The van der Waals surface area contributed by atoms with Crippen LogP contribution < -0.4 is 4.90 Å². The maximum absolute atomic E-state index is 13.2. The van der Waals surface area contributed by atoms with Crippen LogP contribution in [0.5, 0.6) is 0 Å². The number of allylic oxidation sites excluding steroid dienone is 6. The van der Waals surface area contributed by atoms with E-state index in [4.69, 9.17) is 23.8 Å². The van der Waals surface area contributed by atoms with Gasteiger partial charge in [0, 0.05) is 85.2 Å². The van der Waals surface area contributed by atoms with E-state index in [1.807, 2.05) is 0 Å². The quantitative estimate of drug-likeness (QED) is 0.0244. The van der Waals surface area contributed by atoms with Crippen molar-refractivity contribution in [1.82, 2.24) is 5.06 Å². The van der Waals surface area contributed by atoms with E-state index in [0.717, 1.165) is 12.1 Å². The van der Waals surface area contributed by atoms with Gasteiger partial charge in [0.1, 0.15) is 47.0 Å². The molecule has 26 nitrogen and oxygen atoms in total. The van der Waals surface area contributed by atoms with E-state index >= 15 is 0 Å². The number of carbonyl (C=O) groups is 3. The molecular formula is C54H61N3O23S5-4. The third-order valence-electron chi connectivity index (χ3n) is 14.9. The van der Waals surface area contributed by atoms with Gasteiger partial charge in [-0.3, -0.25) is 9.59 Å². The standard InChI is InChI=1S/C54H65N3O23S5/c1-6-55-42-14-12-38-40(31-36(82(64,65)66)33-44(38)84(70,71)72)51(42)53(3,20-8-30-81(61,62)63)46(55)16-10-35(2)11-17-47-54(4,21-23-77-26-27-79-29-28-78-25-24-76-5)52-41-32-37(83(67,68)69)34-45(85(73,74)75)39(41)13-15-43(52)56(47)22-7-9-50(60)80-57-48(58)18-19-49(57)59/h10-17,31-34H,6-9,18-30H2,1-5H3,(H4-,61,62,63,64,65,66,67,68,69,70,71,72,73,74,75)/p-4. The van der Waals surface area contributed by atoms with E-state index in [0.29, 0.717) is 58.8 Å². The topological polar surface area (TPSA) is 393 Å². The summed E-state index contributed by atoms with van der Waals surface area (Å²) in [5.74, 6) is -3.18. The number of nitrogens with zero attached hydrogens (tertiary/aromatic N) is 3. The van der Waals surface area contributed by atoms with Gasteiger partial charge in [0.05, 0.1) is 81.2 Å². The Labute approximate surface area is 492 Å². The molecule has 0 radical (unpaired) electrons. The van der Waals surface area contributed by atoms with Gasteiger partial charge < -0.3 is 51.4 Å². The van der Waals surface area contributed by atoms with Gasteiger partial charge in [-0.05, 0) is 111 Å². The molecule has 2 amide bonds. The minimum absolute atomic E-state index is 0.0299. The van der Waals surface area contributed by atoms with Gasteiger partial charge in [-0.1, -0.05) is 23.8 Å². The summed E-state index contributed by atoms with van der Waals surface area (Å²) in [5, 5.41) is -0.267. The molecule has 2 unspecified atom stereocenters. The smallest absolute Gasteiger partial charge is 0.333 e. The number of amides is 2. The third kappa shape index (κ3) is 15.1. The number of carbonyl (C=O) groups excluding carboxylic acids is 3. The highest BCUT2D eigenvalue weighted by molar-refractivity contribution is 7.87. The van der Waals surface area contributed by atoms with Crippen LogP contribution in [-0.4, -0.2) is 170 Å². The fraction of sp³-hybridized carbons (Fsp3) is 0.444. The molecule has 1 fully saturated rings. The Hall–Kier alpha value is -5.91. The zero-order chi connectivity index (χ0) is 62.7. The van der Waals surface area contributed by atoms with Crippen LogP contribution >= 0.6 is 0 Å². The summed E-state index contributed by atoms with van der Waals surface area (Å²) in [4.78, 5) is 40.6. The Morgan fingerprint density at radius 1 is 0.659 bits per heavy atom. The molecule has 31 heteroatoms. The predicted molar refractivity (Wildman–Crippen MR) is 297 cm³/mol. The van der Waals surface area contributed by atoms with Crippen molar-refractivity contribution < 1.29 is 108 Å². The van der Waals surface area contributed by atoms with Crippen molar-refractivity contribution in [2.45, 2.75) is 103 Å². The van der Waals surface area contributed by atoms with Crippen molar-refractivity contribution >= 4 is 107 Å². The molecule has 85 heavy (non-hydrogen) atoms. The van der Waals surface area contributed by atoms with Gasteiger partial charge >= 0.3 is 5.97 Å². The molecule has 7 rings (SSSR count). The third-order valence-corrected chi connectivity index (χ3v) is 19.1. The maximum atomic E-state index is 13.2. The van der Waals surface area contributed by atoms with Crippen LogP contribution in [0.1, 0.15) is 83.8 Å². The number of hydrogen-bond donors (Lipinski definition) is 0. The average molecular weight is 1280 g/mol. The summed E-state index contributed by atoms with van der Waals surface area (Å²) < 4.78 is 212. The molecule has 0 spiro atoms. The molecule has 0 aromatic heterocycles. The number of hydroxylamine groups is 2. The largest absolute Gasteiger partial charge is 0.748 e. The summed E-state index contributed by atoms with van der Waals surface area (Å²) in [7, 11) is -24.9. The van der Waals surface area contributed by atoms with Crippen LogP contribution in [0.3, 0.4) is 0 Å². The molecule has 0 saturated carbocycles. The minimum Gasteiger partial charge on any atom is -0.748 e. The number of hydrogen-bond acceptors (Lipinski definition) is 24. The van der Waals surface area contributed by atoms with E-state index in [9.17, 15) is 79.2 Å². The Morgan fingerprint density at radius 2 is 1.19 bits per heavy atom. The summed E-state index contributed by atoms with van der Waals surface area (Å²) in [6, 6.07) is 8.41. The molecule has 3 aliphatic heterocycles. The van der Waals surface area contributed by atoms with E-state index in [-0.39, 0.29) is 124 Å². The lowest BCUT2D eigenvalue weighted by atomic mass is 9.74. The van der Waals surface area contributed by atoms with Crippen molar-refractivity contribution in [3.63, 3.8) is 0 Å². The summed E-state index contributed by atoms with van der Waals surface area (Å²) in [5.41, 5.74) is -0.283. The van der Waals surface area contributed by atoms with E-state index in [1.165, 1.54) is 31.4 Å². The molecule has 1 saturated heterocycles. The molecular weight excluding hydrogens is 1220 g/mol. The highest BCUT2D eigenvalue weighted by Gasteiger charge is 2.49. The molecule has 0 aliphatic carbocycles. The van der Waals surface area contributed by atoms with Crippen LogP contribution in [0.4, 0.5) is 11.4 Å². The molecule has 3 heterocycles. The lowest BCUT2D eigenvalue weighted by Crippen LogP contribution is -2.33. The summed E-state index contributed by atoms with van der Waals surface area (Å²) >= 11 is 0. The number of methoxy groups -OCH3 is 1. The molecule has 4 aromatic rings. The SMILES string of the molecule is CCN1C(=CC=C(C)C=CC2=[N+](CCCC(=O)ON3C(=O)CCC3=O)c3ccc4c(S(=O)(=O)[O-])cc(S(=O)(=O)[O-])cc4c3C2(C)CCOCCOCCOCCOC)C(C)(CCCS(=O)(=O)[O-])c2c1ccc1c(S(=O)(=O)[O-])cc(S(=O)(=O)[O-])cc21. The predicted octanol–water partition coefficient (Wildman–Crippen LogP) is 3.95. The van der Waals surface area contributed by atoms with Crippen LogP contribution in [0.25, 0.3) is 21.5 Å². The Balaban J connectivity index is 1.38. The van der Waals surface area contributed by atoms with Crippen LogP contribution in [-0.2, 0) is 99.6 Å². The Morgan fingerprint density at radius 3 is 1.71 bits per heavy atom. The molecule has 464 valence electrons. The van der Waals surface area contributed by atoms with Crippen molar-refractivity contribution in [1.29, 1.82) is 0 Å². The van der Waals surface area contributed by atoms with Gasteiger partial charge in [0.15, 0.2) is 5.71 Å². The van der Waals surface area contributed by atoms with Crippen molar-refractivity contribution in [3.05, 3.63) is 95.2 Å². The first kappa shape index (κ1) is 66.6. The zero-order valence-corrected chi connectivity index (χ0v) is 50.8. The number of ether oxygens (including phenoxy) is 4. The van der Waals surface area contributed by atoms with Crippen LogP contribution in [0, 0.1) is 0 Å². The minimum atomic E-state index is -5.46. The molecule has 0 N–H and O–H groups in total. The second-order valence-electron chi connectivity index (χ2n) is 20.6. The van der Waals surface area contributed by atoms with Crippen molar-refractivity contribution in [3.8, 4) is 0 Å². The van der Waals surface area contributed by atoms with Crippen LogP contribution in [0.15, 0.2) is 104 Å². The van der Waals surface area contributed by atoms with Gasteiger partial charge in [-0.2, -0.15) is 4.58 Å². The monoisotopic (exact) mass is 1280 g/mol. The molecule has 2 atom stereocenters. The first-order valence-electron chi connectivity index (χ1n) is 26.4. The number of fused-ring (bicyclic) bond motifs is 6. The zero-order valence-electron chi connectivity index (χ0n) is 46.7. The van der Waals surface area contributed by atoms with Crippen LogP contribution in [0.2, 0.25) is 0 Å². The first-order valence-corrected chi connectivity index (χ1v) is 33.6. The fourth-order valence-electron chi connectivity index (χ4n) is 11.0. The highest BCUT2D eigenvalue weighted by Crippen LogP contribution is 2.54. The van der Waals surface area contributed by atoms with Gasteiger partial charge in [0.25, 0.3) is 11.8 Å². The molecule has 0 bridgehead atoms. The summed E-state index contributed by atoms with van der Waals surface area (Å²) in [6.07, 6.45) is 5.57. The Bertz CT molecular complexity index is 4030.